The maximum absolute atomic E-state index is 13.1. The predicted molar refractivity (Wildman–Crippen MR) is 126 cm³/mol. The van der Waals surface area contributed by atoms with Crippen molar-refractivity contribution in [2.75, 3.05) is 25.4 Å². The summed E-state index contributed by atoms with van der Waals surface area (Å²) in [5, 5.41) is 0.778. The van der Waals surface area contributed by atoms with Gasteiger partial charge in [0.05, 0.1) is 35.7 Å². The minimum Gasteiger partial charge on any atom is -0.368 e. The third kappa shape index (κ3) is 6.87. The van der Waals surface area contributed by atoms with Crippen molar-refractivity contribution in [3.8, 4) is 0 Å². The van der Waals surface area contributed by atoms with E-state index in [9.17, 15) is 9.59 Å². The molecule has 0 N–H and O–H groups in total. The van der Waals surface area contributed by atoms with Crippen LogP contribution in [0.5, 0.6) is 0 Å². The van der Waals surface area contributed by atoms with Gasteiger partial charge in [-0.05, 0) is 29.8 Å². The third-order valence-electron chi connectivity index (χ3n) is 5.27. The Morgan fingerprint density at radius 2 is 1.73 bits per heavy atom. The fourth-order valence-corrected chi connectivity index (χ4v) is 4.34. The number of nitrogens with zero attached hydrogens (tertiary/aromatic N) is 4. The number of carbonyl (C=O) groups excluding carboxylic acids is 2. The summed E-state index contributed by atoms with van der Waals surface area (Å²) < 4.78 is 6.14. The molecule has 7 nitrogen and oxygen atoms in total. The normalized spacial score (nSPS) is 16.5. The Hall–Kier alpha value is -3.23. The molecule has 170 valence electrons. The lowest BCUT2D eigenvalue weighted by Gasteiger charge is -2.25. The Morgan fingerprint density at radius 1 is 0.970 bits per heavy atom. The molecule has 3 heterocycles. The molecule has 1 aliphatic rings. The highest BCUT2D eigenvalue weighted by molar-refractivity contribution is 7.99. The van der Waals surface area contributed by atoms with Gasteiger partial charge in [0.25, 0.3) is 0 Å². The standard InChI is InChI=1S/C25H26N4O3S/c30-24-17-29(25(31)19-33-23-11-5-7-13-27-23)16-22(32-18-21-10-4-6-12-26-21)15-28(24)14-20-8-2-1-3-9-20/h1-13,22H,14-19H2/t22-/m0/s1. The molecule has 1 aromatic carbocycles. The summed E-state index contributed by atoms with van der Waals surface area (Å²) in [6.07, 6.45) is 3.11. The van der Waals surface area contributed by atoms with Crippen LogP contribution in [0.15, 0.2) is 84.1 Å². The van der Waals surface area contributed by atoms with Gasteiger partial charge in [-0.1, -0.05) is 54.2 Å². The molecule has 2 aromatic heterocycles. The van der Waals surface area contributed by atoms with Crippen LogP contribution in [0, 0.1) is 0 Å². The second-order valence-electron chi connectivity index (χ2n) is 7.74. The highest BCUT2D eigenvalue weighted by Crippen LogP contribution is 2.18. The van der Waals surface area contributed by atoms with Crippen LogP contribution in [-0.4, -0.2) is 63.1 Å². The number of pyridine rings is 2. The summed E-state index contributed by atoms with van der Waals surface area (Å²) in [6, 6.07) is 21.1. The summed E-state index contributed by atoms with van der Waals surface area (Å²) in [5.74, 6) is 0.0293. The number of carbonyl (C=O) groups is 2. The fraction of sp³-hybridized carbons (Fsp3) is 0.280. The Bertz CT molecular complexity index is 1040. The van der Waals surface area contributed by atoms with Crippen molar-refractivity contribution in [2.24, 2.45) is 0 Å². The van der Waals surface area contributed by atoms with E-state index in [-0.39, 0.29) is 30.2 Å². The summed E-state index contributed by atoms with van der Waals surface area (Å²) in [5.41, 5.74) is 1.85. The maximum Gasteiger partial charge on any atom is 0.242 e. The van der Waals surface area contributed by atoms with E-state index < -0.39 is 0 Å². The lowest BCUT2D eigenvalue weighted by molar-refractivity contribution is -0.137. The Labute approximate surface area is 197 Å². The molecule has 3 aromatic rings. The van der Waals surface area contributed by atoms with Gasteiger partial charge in [-0.2, -0.15) is 0 Å². The van der Waals surface area contributed by atoms with Gasteiger partial charge in [0.1, 0.15) is 0 Å². The van der Waals surface area contributed by atoms with Gasteiger partial charge in [-0.25, -0.2) is 4.98 Å². The predicted octanol–water partition coefficient (Wildman–Crippen LogP) is 3.03. The first-order valence-electron chi connectivity index (χ1n) is 10.8. The highest BCUT2D eigenvalue weighted by atomic mass is 32.2. The first-order valence-corrected chi connectivity index (χ1v) is 11.8. The second-order valence-corrected chi connectivity index (χ2v) is 8.74. The average molecular weight is 463 g/mol. The molecule has 0 aliphatic carbocycles. The minimum atomic E-state index is -0.314. The number of hydrogen-bond acceptors (Lipinski definition) is 6. The van der Waals surface area contributed by atoms with E-state index in [1.54, 1.807) is 22.2 Å². The monoisotopic (exact) mass is 462 g/mol. The number of aromatic nitrogens is 2. The van der Waals surface area contributed by atoms with E-state index in [4.69, 9.17) is 4.74 Å². The summed E-state index contributed by atoms with van der Waals surface area (Å²) in [7, 11) is 0. The number of amides is 2. The maximum atomic E-state index is 13.1. The van der Waals surface area contributed by atoms with E-state index in [1.807, 2.05) is 66.7 Å². The molecular formula is C25H26N4O3S. The van der Waals surface area contributed by atoms with Crippen LogP contribution in [-0.2, 0) is 27.5 Å². The van der Waals surface area contributed by atoms with Crippen molar-refractivity contribution in [3.05, 3.63) is 90.4 Å². The number of hydrogen-bond donors (Lipinski definition) is 0. The molecule has 1 aliphatic heterocycles. The topological polar surface area (TPSA) is 75.6 Å². The number of rotatable bonds is 8. The quantitative estimate of drug-likeness (QED) is 0.479. The highest BCUT2D eigenvalue weighted by Gasteiger charge is 2.31. The van der Waals surface area contributed by atoms with Gasteiger partial charge in [0.15, 0.2) is 0 Å². The van der Waals surface area contributed by atoms with Crippen LogP contribution in [0.2, 0.25) is 0 Å². The zero-order chi connectivity index (χ0) is 22.9. The molecule has 0 saturated carbocycles. The van der Waals surface area contributed by atoms with Gasteiger partial charge < -0.3 is 14.5 Å². The summed E-state index contributed by atoms with van der Waals surface area (Å²) in [6.45, 7) is 1.61. The van der Waals surface area contributed by atoms with Crippen molar-refractivity contribution < 1.29 is 14.3 Å². The zero-order valence-electron chi connectivity index (χ0n) is 18.2. The smallest absolute Gasteiger partial charge is 0.242 e. The molecule has 1 saturated heterocycles. The SMILES string of the molecule is O=C(CSc1ccccn1)N1CC(=O)N(Cc2ccccc2)C[C@H](OCc2ccccn2)C1. The zero-order valence-corrected chi connectivity index (χ0v) is 19.1. The second kappa shape index (κ2) is 11.6. The molecule has 2 amide bonds. The minimum absolute atomic E-state index is 0.0396. The molecule has 33 heavy (non-hydrogen) atoms. The van der Waals surface area contributed by atoms with Crippen LogP contribution in [0.4, 0.5) is 0 Å². The van der Waals surface area contributed by atoms with Crippen molar-refractivity contribution >= 4 is 23.6 Å². The van der Waals surface area contributed by atoms with Crippen molar-refractivity contribution in [3.63, 3.8) is 0 Å². The first-order chi connectivity index (χ1) is 16.2. The molecule has 0 bridgehead atoms. The van der Waals surface area contributed by atoms with E-state index in [0.29, 0.717) is 26.2 Å². The van der Waals surface area contributed by atoms with Crippen LogP contribution < -0.4 is 0 Å². The summed E-state index contributed by atoms with van der Waals surface area (Å²) >= 11 is 1.37. The van der Waals surface area contributed by atoms with Gasteiger partial charge >= 0.3 is 0 Å². The lowest BCUT2D eigenvalue weighted by atomic mass is 10.2. The van der Waals surface area contributed by atoms with E-state index in [1.165, 1.54) is 11.8 Å². The van der Waals surface area contributed by atoms with Crippen molar-refractivity contribution in [1.82, 2.24) is 19.8 Å². The number of benzene rings is 1. The largest absolute Gasteiger partial charge is 0.368 e. The summed E-state index contributed by atoms with van der Waals surface area (Å²) in [4.78, 5) is 38.0. The fourth-order valence-electron chi connectivity index (χ4n) is 3.58. The van der Waals surface area contributed by atoms with E-state index in [2.05, 4.69) is 9.97 Å². The molecule has 4 rings (SSSR count). The number of ether oxygens (including phenoxy) is 1. The van der Waals surface area contributed by atoms with E-state index >= 15 is 0 Å². The molecule has 1 atom stereocenters. The van der Waals surface area contributed by atoms with Crippen LogP contribution in [0.25, 0.3) is 0 Å². The van der Waals surface area contributed by atoms with Crippen LogP contribution >= 0.6 is 11.8 Å². The Morgan fingerprint density at radius 3 is 2.45 bits per heavy atom. The van der Waals surface area contributed by atoms with Gasteiger partial charge in [0, 0.05) is 32.0 Å². The average Bonchev–Trinajstić information content (AvgIpc) is 3.02. The van der Waals surface area contributed by atoms with Crippen LogP contribution in [0.1, 0.15) is 11.3 Å². The van der Waals surface area contributed by atoms with Crippen LogP contribution in [0.3, 0.4) is 0 Å². The van der Waals surface area contributed by atoms with E-state index in [0.717, 1.165) is 16.3 Å². The number of thioether (sulfide) groups is 1. The Kier molecular flexibility index (Phi) is 8.05. The van der Waals surface area contributed by atoms with Gasteiger partial charge in [-0.15, -0.1) is 0 Å². The van der Waals surface area contributed by atoms with Crippen molar-refractivity contribution in [2.45, 2.75) is 24.3 Å². The molecular weight excluding hydrogens is 436 g/mol. The molecule has 1 fully saturated rings. The third-order valence-corrected chi connectivity index (χ3v) is 6.20. The molecule has 0 spiro atoms. The first kappa shape index (κ1) is 22.9. The lowest BCUT2D eigenvalue weighted by Crippen LogP contribution is -2.40. The molecule has 8 heteroatoms. The van der Waals surface area contributed by atoms with Crippen molar-refractivity contribution in [1.29, 1.82) is 0 Å². The van der Waals surface area contributed by atoms with Gasteiger partial charge in [-0.3, -0.25) is 14.6 Å². The Balaban J connectivity index is 1.45. The van der Waals surface area contributed by atoms with Gasteiger partial charge in [0.2, 0.25) is 11.8 Å². The molecule has 0 radical (unpaired) electrons. The molecule has 0 unspecified atom stereocenters.